The molecular weight excluding hydrogens is 282 g/mol. The lowest BCUT2D eigenvalue weighted by Crippen LogP contribution is -2.41. The number of rotatable bonds is 5. The molecule has 4 heteroatoms. The molecule has 0 aromatic carbocycles. The minimum absolute atomic E-state index is 0.0906. The van der Waals surface area contributed by atoms with Crippen LogP contribution >= 0.6 is 0 Å². The van der Waals surface area contributed by atoms with Crippen molar-refractivity contribution in [2.24, 2.45) is 23.7 Å². The molecule has 3 fully saturated rings. The summed E-state index contributed by atoms with van der Waals surface area (Å²) in [6, 6.07) is 0.527. The van der Waals surface area contributed by atoms with Crippen molar-refractivity contribution in [1.82, 2.24) is 5.32 Å². The van der Waals surface area contributed by atoms with E-state index in [1.807, 2.05) is 0 Å². The number of nitrogens with one attached hydrogen (secondary N) is 1. The van der Waals surface area contributed by atoms with Gasteiger partial charge in [-0.2, -0.15) is 0 Å². The predicted molar refractivity (Wildman–Crippen MR) is 87.0 cm³/mol. The normalized spacial score (nSPS) is 41.3. The van der Waals surface area contributed by atoms with Crippen LogP contribution in [0.1, 0.15) is 57.8 Å². The van der Waals surface area contributed by atoms with Crippen molar-refractivity contribution < 1.29 is 8.42 Å². The summed E-state index contributed by atoms with van der Waals surface area (Å²) >= 11 is 0. The topological polar surface area (TPSA) is 46.2 Å². The van der Waals surface area contributed by atoms with Gasteiger partial charge in [-0.05, 0) is 75.7 Å². The molecule has 0 aromatic rings. The van der Waals surface area contributed by atoms with Gasteiger partial charge in [-0.1, -0.05) is 12.8 Å². The van der Waals surface area contributed by atoms with Crippen LogP contribution in [0, 0.1) is 23.7 Å². The Balaban J connectivity index is 1.60. The maximum absolute atomic E-state index is 11.9. The molecule has 0 radical (unpaired) electrons. The first-order valence-electron chi connectivity index (χ1n) is 8.83. The van der Waals surface area contributed by atoms with Crippen molar-refractivity contribution in [2.75, 3.05) is 13.3 Å². The smallest absolute Gasteiger partial charge is 0.150 e. The number of fused-ring (bicyclic) bond motifs is 2. The SMILES string of the molecule is CNC(CC1CC2CCC1C2)C1CCCC(S(C)(=O)=O)C1. The van der Waals surface area contributed by atoms with Gasteiger partial charge >= 0.3 is 0 Å². The van der Waals surface area contributed by atoms with Gasteiger partial charge in [-0.25, -0.2) is 8.42 Å². The fourth-order valence-electron chi connectivity index (χ4n) is 5.47. The maximum atomic E-state index is 11.9. The van der Waals surface area contributed by atoms with Gasteiger partial charge in [-0.15, -0.1) is 0 Å². The van der Waals surface area contributed by atoms with Crippen molar-refractivity contribution >= 4 is 9.84 Å². The van der Waals surface area contributed by atoms with Crippen molar-refractivity contribution in [3.05, 3.63) is 0 Å². The first-order valence-corrected chi connectivity index (χ1v) is 10.8. The molecule has 1 N–H and O–H groups in total. The Hall–Kier alpha value is -0.0900. The molecular formula is C17H31NO2S. The molecule has 3 nitrogen and oxygen atoms in total. The van der Waals surface area contributed by atoms with Crippen LogP contribution in [0.4, 0.5) is 0 Å². The highest BCUT2D eigenvalue weighted by Gasteiger charge is 2.41. The molecule has 3 aliphatic carbocycles. The summed E-state index contributed by atoms with van der Waals surface area (Å²) in [6.45, 7) is 0. The van der Waals surface area contributed by atoms with Gasteiger partial charge in [0, 0.05) is 12.3 Å². The second-order valence-corrected chi connectivity index (χ2v) is 10.3. The first-order chi connectivity index (χ1) is 9.97. The molecule has 0 saturated heterocycles. The summed E-state index contributed by atoms with van der Waals surface area (Å²) < 4.78 is 23.7. The highest BCUT2D eigenvalue weighted by Crippen LogP contribution is 2.50. The van der Waals surface area contributed by atoms with Crippen molar-refractivity contribution in [2.45, 2.75) is 69.1 Å². The fourth-order valence-corrected chi connectivity index (χ4v) is 6.66. The Labute approximate surface area is 130 Å². The average molecular weight is 314 g/mol. The molecule has 122 valence electrons. The Morgan fingerprint density at radius 3 is 2.48 bits per heavy atom. The largest absolute Gasteiger partial charge is 0.317 e. The predicted octanol–water partition coefficient (Wildman–Crippen LogP) is 3.00. The molecule has 2 bridgehead atoms. The molecule has 0 aromatic heterocycles. The van der Waals surface area contributed by atoms with Crippen molar-refractivity contribution in [3.63, 3.8) is 0 Å². The van der Waals surface area contributed by atoms with Crippen LogP contribution in [0.5, 0.6) is 0 Å². The summed E-state index contributed by atoms with van der Waals surface area (Å²) in [5, 5.41) is 3.44. The second kappa shape index (κ2) is 6.19. The Kier molecular flexibility index (Phi) is 4.66. The molecule has 21 heavy (non-hydrogen) atoms. The van der Waals surface area contributed by atoms with E-state index in [0.717, 1.165) is 37.0 Å². The minimum atomic E-state index is -2.86. The van der Waals surface area contributed by atoms with Gasteiger partial charge < -0.3 is 5.32 Å². The van der Waals surface area contributed by atoms with E-state index in [2.05, 4.69) is 12.4 Å². The monoisotopic (exact) mass is 313 g/mol. The molecule has 0 spiro atoms. The lowest BCUT2D eigenvalue weighted by molar-refractivity contribution is 0.211. The van der Waals surface area contributed by atoms with Gasteiger partial charge in [0.2, 0.25) is 0 Å². The van der Waals surface area contributed by atoms with Gasteiger partial charge in [-0.3, -0.25) is 0 Å². The zero-order valence-electron chi connectivity index (χ0n) is 13.6. The Bertz CT molecular complexity index is 461. The van der Waals surface area contributed by atoms with Crippen LogP contribution < -0.4 is 5.32 Å². The van der Waals surface area contributed by atoms with Gasteiger partial charge in [0.15, 0.2) is 0 Å². The lowest BCUT2D eigenvalue weighted by Gasteiger charge is -2.36. The summed E-state index contributed by atoms with van der Waals surface area (Å²) in [5.41, 5.74) is 0. The summed E-state index contributed by atoms with van der Waals surface area (Å²) in [5.74, 6) is 3.44. The van der Waals surface area contributed by atoms with E-state index in [0.29, 0.717) is 12.0 Å². The zero-order chi connectivity index (χ0) is 15.0. The van der Waals surface area contributed by atoms with Crippen LogP contribution in [0.25, 0.3) is 0 Å². The van der Waals surface area contributed by atoms with Gasteiger partial charge in [0.25, 0.3) is 0 Å². The Morgan fingerprint density at radius 1 is 1.10 bits per heavy atom. The third-order valence-electron chi connectivity index (χ3n) is 6.65. The van der Waals surface area contributed by atoms with Crippen molar-refractivity contribution in [3.8, 4) is 0 Å². The molecule has 6 unspecified atom stereocenters. The highest BCUT2D eigenvalue weighted by atomic mass is 32.2. The van der Waals surface area contributed by atoms with E-state index in [1.54, 1.807) is 0 Å². The molecule has 0 aliphatic heterocycles. The van der Waals surface area contributed by atoms with Gasteiger partial charge in [0.05, 0.1) is 5.25 Å². The van der Waals surface area contributed by atoms with E-state index in [9.17, 15) is 8.42 Å². The molecule has 3 saturated carbocycles. The molecule has 3 aliphatic rings. The second-order valence-electron chi connectivity index (χ2n) is 7.94. The van der Waals surface area contributed by atoms with E-state index in [-0.39, 0.29) is 5.25 Å². The zero-order valence-corrected chi connectivity index (χ0v) is 14.4. The van der Waals surface area contributed by atoms with E-state index in [1.165, 1.54) is 44.8 Å². The van der Waals surface area contributed by atoms with Crippen LogP contribution in [-0.2, 0) is 9.84 Å². The third-order valence-corrected chi connectivity index (χ3v) is 8.29. The lowest BCUT2D eigenvalue weighted by atomic mass is 9.77. The maximum Gasteiger partial charge on any atom is 0.150 e. The first kappa shape index (κ1) is 15.8. The Morgan fingerprint density at radius 2 is 1.90 bits per heavy atom. The molecule has 6 atom stereocenters. The van der Waals surface area contributed by atoms with Crippen molar-refractivity contribution in [1.29, 1.82) is 0 Å². The minimum Gasteiger partial charge on any atom is -0.317 e. The number of sulfone groups is 1. The van der Waals surface area contributed by atoms with E-state index < -0.39 is 9.84 Å². The van der Waals surface area contributed by atoms with E-state index in [4.69, 9.17) is 0 Å². The quantitative estimate of drug-likeness (QED) is 0.848. The van der Waals surface area contributed by atoms with Crippen LogP contribution in [0.2, 0.25) is 0 Å². The average Bonchev–Trinajstić information content (AvgIpc) is 3.06. The standard InChI is InChI=1S/C17H31NO2S/c1-18-17(11-15-9-12-6-7-13(15)8-12)14-4-3-5-16(10-14)21(2,19)20/h12-18H,3-11H2,1-2H3. The third kappa shape index (κ3) is 3.47. The van der Waals surface area contributed by atoms with E-state index >= 15 is 0 Å². The number of hydrogen-bond donors (Lipinski definition) is 1. The van der Waals surface area contributed by atoms with Crippen LogP contribution in [0.3, 0.4) is 0 Å². The summed E-state index contributed by atoms with van der Waals surface area (Å²) in [7, 11) is -0.793. The van der Waals surface area contributed by atoms with Crippen LogP contribution in [0.15, 0.2) is 0 Å². The molecule has 0 amide bonds. The fraction of sp³-hybridized carbons (Fsp3) is 1.00. The molecule has 3 rings (SSSR count). The number of hydrogen-bond acceptors (Lipinski definition) is 3. The molecule has 0 heterocycles. The highest BCUT2D eigenvalue weighted by molar-refractivity contribution is 7.91. The summed E-state index contributed by atoms with van der Waals surface area (Å²) in [4.78, 5) is 0. The van der Waals surface area contributed by atoms with Gasteiger partial charge in [0.1, 0.15) is 9.84 Å². The summed E-state index contributed by atoms with van der Waals surface area (Å²) in [6.07, 6.45) is 12.6. The van der Waals surface area contributed by atoms with Crippen LogP contribution in [-0.4, -0.2) is 33.0 Å².